The van der Waals surface area contributed by atoms with Crippen molar-refractivity contribution >= 4 is 39.5 Å². The lowest BCUT2D eigenvalue weighted by Gasteiger charge is -2.21. The van der Waals surface area contributed by atoms with Crippen LogP contribution >= 0.6 is 15.6 Å². The van der Waals surface area contributed by atoms with Gasteiger partial charge in [-0.1, -0.05) is 291 Å². The molecule has 0 bridgehead atoms. The summed E-state index contributed by atoms with van der Waals surface area (Å²) in [6, 6.07) is 0. The lowest BCUT2D eigenvalue weighted by Crippen LogP contribution is -2.30. The molecule has 0 rings (SSSR count). The Morgan fingerprint density at radius 2 is 0.587 bits per heavy atom. The molecule has 3 N–H and O–H groups in total. The number of hydrogen-bond donors (Lipinski definition) is 3. The van der Waals surface area contributed by atoms with Gasteiger partial charge in [0.1, 0.15) is 19.3 Å². The van der Waals surface area contributed by atoms with Gasteiger partial charge in [0.25, 0.3) is 0 Å². The molecule has 0 aliphatic heterocycles. The van der Waals surface area contributed by atoms with Gasteiger partial charge in [-0.15, -0.1) is 0 Å². The maximum Gasteiger partial charge on any atom is 0.472 e. The van der Waals surface area contributed by atoms with Gasteiger partial charge in [-0.25, -0.2) is 9.13 Å². The second kappa shape index (κ2) is 63.3. The number of ether oxygens (including phenoxy) is 4. The van der Waals surface area contributed by atoms with Crippen LogP contribution in [0.25, 0.3) is 0 Å². The van der Waals surface area contributed by atoms with Crippen molar-refractivity contribution in [2.75, 3.05) is 39.6 Å². The van der Waals surface area contributed by atoms with Crippen LogP contribution in [0.15, 0.2) is 24.3 Å². The smallest absolute Gasteiger partial charge is 0.462 e. The van der Waals surface area contributed by atoms with Crippen molar-refractivity contribution in [3.05, 3.63) is 24.3 Å². The zero-order chi connectivity index (χ0) is 68.0. The summed E-state index contributed by atoms with van der Waals surface area (Å²) in [5.74, 6) is 0.0658. The van der Waals surface area contributed by atoms with E-state index in [1.54, 1.807) is 0 Å². The van der Waals surface area contributed by atoms with E-state index in [9.17, 15) is 43.2 Å². The molecule has 3 unspecified atom stereocenters. The predicted molar refractivity (Wildman–Crippen MR) is 372 cm³/mol. The van der Waals surface area contributed by atoms with E-state index in [-0.39, 0.29) is 25.7 Å². The first-order valence-corrected chi connectivity index (χ1v) is 40.2. The monoisotopic (exact) mass is 1350 g/mol. The van der Waals surface area contributed by atoms with Crippen molar-refractivity contribution < 1.29 is 80.2 Å². The van der Waals surface area contributed by atoms with Crippen LogP contribution in [0.4, 0.5) is 0 Å². The first kappa shape index (κ1) is 89.5. The molecule has 0 radical (unpaired) electrons. The van der Waals surface area contributed by atoms with Crippen LogP contribution in [0.5, 0.6) is 0 Å². The van der Waals surface area contributed by atoms with Gasteiger partial charge in [-0.2, -0.15) is 0 Å². The summed E-state index contributed by atoms with van der Waals surface area (Å²) >= 11 is 0. The number of aliphatic hydroxyl groups is 1. The average Bonchev–Trinajstić information content (AvgIpc) is 3.30. The van der Waals surface area contributed by atoms with E-state index in [4.69, 9.17) is 37.0 Å². The van der Waals surface area contributed by atoms with E-state index in [1.807, 2.05) is 0 Å². The molecule has 19 heteroatoms. The molecule has 0 aliphatic rings. The second-order valence-electron chi connectivity index (χ2n) is 27.1. The quantitative estimate of drug-likeness (QED) is 0.0169. The minimum Gasteiger partial charge on any atom is -0.462 e. The number of esters is 4. The van der Waals surface area contributed by atoms with Gasteiger partial charge in [-0.05, 0) is 69.1 Å². The summed E-state index contributed by atoms with van der Waals surface area (Å²) in [6.45, 7) is 11.7. The molecule has 0 fully saturated rings. The number of phosphoric ester groups is 2. The van der Waals surface area contributed by atoms with E-state index >= 15 is 0 Å². The molecular formula is C73H138O17P2. The third kappa shape index (κ3) is 66.2. The Bertz CT molecular complexity index is 1890. The number of phosphoric acid groups is 2. The molecule has 0 amide bonds. The van der Waals surface area contributed by atoms with Gasteiger partial charge in [0, 0.05) is 25.7 Å². The Morgan fingerprint density at radius 1 is 0.337 bits per heavy atom. The van der Waals surface area contributed by atoms with Crippen LogP contribution in [0.1, 0.15) is 344 Å². The fourth-order valence-corrected chi connectivity index (χ4v) is 12.1. The molecule has 0 aromatic rings. The number of rotatable bonds is 69. The van der Waals surface area contributed by atoms with Gasteiger partial charge in [-0.3, -0.25) is 37.3 Å². The maximum absolute atomic E-state index is 13.0. The lowest BCUT2D eigenvalue weighted by atomic mass is 10.0. The molecule has 0 saturated carbocycles. The predicted octanol–water partition coefficient (Wildman–Crippen LogP) is 20.6. The summed E-state index contributed by atoms with van der Waals surface area (Å²) in [5, 5.41) is 10.6. The van der Waals surface area contributed by atoms with E-state index in [0.717, 1.165) is 121 Å². The number of carbonyl (C=O) groups is 4. The summed E-state index contributed by atoms with van der Waals surface area (Å²) < 4.78 is 68.3. The molecule has 0 saturated heterocycles. The van der Waals surface area contributed by atoms with Crippen LogP contribution in [0, 0.1) is 17.8 Å². The molecule has 0 spiro atoms. The molecule has 92 heavy (non-hydrogen) atoms. The fraction of sp³-hybridized carbons (Fsp3) is 0.890. The van der Waals surface area contributed by atoms with E-state index in [1.165, 1.54) is 135 Å². The number of allylic oxidation sites excluding steroid dienone is 4. The third-order valence-electron chi connectivity index (χ3n) is 16.3. The van der Waals surface area contributed by atoms with Gasteiger partial charge >= 0.3 is 39.5 Å². The molecule has 0 aliphatic carbocycles. The summed E-state index contributed by atoms with van der Waals surface area (Å²) in [4.78, 5) is 72.6. The SMILES string of the molecule is CCCCCC/C=C\C=C/CCCCCCCC(=O)O[C@H](COC(=O)CCCCCCCCCCCC(C)C)COP(=O)(O)OCC(O)COP(=O)(O)OC[C@@H](COC(=O)CCCCCCCCCC(C)C)OC(=O)CCCCCCCCCCCCCCC(C)C. The van der Waals surface area contributed by atoms with Crippen LogP contribution in [-0.4, -0.2) is 96.7 Å². The molecule has 0 aromatic carbocycles. The minimum atomic E-state index is -4.96. The highest BCUT2D eigenvalue weighted by atomic mass is 31.2. The molecule has 0 heterocycles. The van der Waals surface area contributed by atoms with Crippen LogP contribution in [0.3, 0.4) is 0 Å². The first-order valence-electron chi connectivity index (χ1n) is 37.2. The molecule has 5 atom stereocenters. The van der Waals surface area contributed by atoms with Crippen LogP contribution in [-0.2, 0) is 65.4 Å². The van der Waals surface area contributed by atoms with Crippen molar-refractivity contribution in [3.8, 4) is 0 Å². The number of hydrogen-bond acceptors (Lipinski definition) is 15. The minimum absolute atomic E-state index is 0.0842. The highest BCUT2D eigenvalue weighted by molar-refractivity contribution is 7.47. The number of aliphatic hydroxyl groups excluding tert-OH is 1. The molecule has 17 nitrogen and oxygen atoms in total. The maximum atomic E-state index is 13.0. The van der Waals surface area contributed by atoms with Gasteiger partial charge < -0.3 is 33.8 Å². The zero-order valence-corrected chi connectivity index (χ0v) is 61.3. The Balaban J connectivity index is 5.29. The van der Waals surface area contributed by atoms with Crippen molar-refractivity contribution in [1.82, 2.24) is 0 Å². The summed E-state index contributed by atoms with van der Waals surface area (Å²) in [6.07, 6.45) is 50.8. The van der Waals surface area contributed by atoms with Crippen LogP contribution < -0.4 is 0 Å². The Kier molecular flexibility index (Phi) is 61.6. The van der Waals surface area contributed by atoms with Crippen molar-refractivity contribution in [2.45, 2.75) is 362 Å². The largest absolute Gasteiger partial charge is 0.472 e. The fourth-order valence-electron chi connectivity index (χ4n) is 10.5. The summed E-state index contributed by atoms with van der Waals surface area (Å²) in [5.41, 5.74) is 0. The lowest BCUT2D eigenvalue weighted by molar-refractivity contribution is -0.161. The standard InChI is InChI=1S/C73H138O17P2/c1-8-9-10-11-12-13-14-15-16-17-21-26-34-42-49-56-72(77)89-68(60-83-70(75)54-47-40-33-28-23-25-31-38-45-52-65(4)5)62-87-91(79,80)85-58-67(74)59-86-92(81,82)88-63-69(61-84-71(76)55-48-41-36-29-32-39-46-53-66(6)7)90-73(78)57-50-43-35-27-22-19-18-20-24-30-37-44-51-64(2)3/h13-16,64-69,74H,8-12,17-63H2,1-7H3,(H,79,80)(H,81,82)/b14-13-,16-15-/t67?,68-,69-/m1/s1. The number of unbranched alkanes of at least 4 members (excludes halogenated alkanes) is 34. The van der Waals surface area contributed by atoms with E-state index < -0.39 is 97.5 Å². The van der Waals surface area contributed by atoms with Crippen molar-refractivity contribution in [1.29, 1.82) is 0 Å². The average molecular weight is 1350 g/mol. The number of carbonyl (C=O) groups excluding carboxylic acids is 4. The molecule has 0 aromatic heterocycles. The topological polar surface area (TPSA) is 237 Å². The van der Waals surface area contributed by atoms with E-state index in [0.29, 0.717) is 31.6 Å². The third-order valence-corrected chi connectivity index (χ3v) is 18.2. The first-order chi connectivity index (χ1) is 44.2. The highest BCUT2D eigenvalue weighted by Crippen LogP contribution is 2.45. The second-order valence-corrected chi connectivity index (χ2v) is 30.0. The molecular weight excluding hydrogens is 1210 g/mol. The zero-order valence-electron chi connectivity index (χ0n) is 59.5. The normalized spacial score (nSPS) is 14.3. The van der Waals surface area contributed by atoms with E-state index in [2.05, 4.69) is 72.8 Å². The van der Waals surface area contributed by atoms with Crippen molar-refractivity contribution in [2.24, 2.45) is 17.8 Å². The van der Waals surface area contributed by atoms with Gasteiger partial charge in [0.2, 0.25) is 0 Å². The summed E-state index contributed by atoms with van der Waals surface area (Å²) in [7, 11) is -9.92. The Hall–Kier alpha value is -2.46. The molecule has 542 valence electrons. The van der Waals surface area contributed by atoms with Gasteiger partial charge in [0.05, 0.1) is 26.4 Å². The van der Waals surface area contributed by atoms with Crippen molar-refractivity contribution in [3.63, 3.8) is 0 Å². The van der Waals surface area contributed by atoms with Gasteiger partial charge in [0.15, 0.2) is 12.2 Å². The highest BCUT2D eigenvalue weighted by Gasteiger charge is 2.30. The Labute approximate surface area is 561 Å². The Morgan fingerprint density at radius 3 is 0.880 bits per heavy atom. The van der Waals surface area contributed by atoms with Crippen LogP contribution in [0.2, 0.25) is 0 Å².